The number of carbonyl (C=O) groups excluding carboxylic acids is 1. The Balaban J connectivity index is 1.35. The summed E-state index contributed by atoms with van der Waals surface area (Å²) in [6.07, 6.45) is 4.25. The Morgan fingerprint density at radius 1 is 1.25 bits per heavy atom. The highest BCUT2D eigenvalue weighted by Crippen LogP contribution is 2.26. The van der Waals surface area contributed by atoms with Gasteiger partial charge in [-0.3, -0.25) is 9.69 Å². The molecule has 2 aromatic heterocycles. The van der Waals surface area contributed by atoms with Gasteiger partial charge in [0.15, 0.2) is 0 Å². The van der Waals surface area contributed by atoms with Gasteiger partial charge in [-0.05, 0) is 62.3 Å². The Hall–Kier alpha value is -2.51. The highest BCUT2D eigenvalue weighted by atomic mass is 32.1. The number of halogens is 1. The van der Waals surface area contributed by atoms with E-state index in [0.29, 0.717) is 6.54 Å². The van der Waals surface area contributed by atoms with Crippen LogP contribution in [0, 0.1) is 5.82 Å². The van der Waals surface area contributed by atoms with Gasteiger partial charge in [0.2, 0.25) is 5.91 Å². The summed E-state index contributed by atoms with van der Waals surface area (Å²) in [7, 11) is 0. The number of furan rings is 1. The van der Waals surface area contributed by atoms with Crippen LogP contribution < -0.4 is 5.32 Å². The van der Waals surface area contributed by atoms with Gasteiger partial charge >= 0.3 is 0 Å². The van der Waals surface area contributed by atoms with Crippen molar-refractivity contribution in [2.24, 2.45) is 0 Å². The molecule has 3 aromatic rings. The Morgan fingerprint density at radius 3 is 2.75 bits per heavy atom. The fourth-order valence-corrected chi connectivity index (χ4v) is 4.32. The van der Waals surface area contributed by atoms with Gasteiger partial charge in [0.1, 0.15) is 16.6 Å². The Labute approximate surface area is 167 Å². The number of rotatable bonds is 7. The predicted octanol–water partition coefficient (Wildman–Crippen LogP) is 4.04. The van der Waals surface area contributed by atoms with Crippen LogP contribution in [-0.2, 0) is 11.2 Å². The minimum atomic E-state index is -0.274. The van der Waals surface area contributed by atoms with Crippen molar-refractivity contribution in [3.63, 3.8) is 0 Å². The zero-order valence-corrected chi connectivity index (χ0v) is 16.3. The smallest absolute Gasteiger partial charge is 0.226 e. The first-order valence-corrected chi connectivity index (χ1v) is 10.3. The molecule has 1 fully saturated rings. The van der Waals surface area contributed by atoms with Crippen molar-refractivity contribution in [1.29, 1.82) is 0 Å². The van der Waals surface area contributed by atoms with Gasteiger partial charge in [-0.1, -0.05) is 0 Å². The van der Waals surface area contributed by atoms with Gasteiger partial charge in [0, 0.05) is 17.5 Å². The second-order valence-corrected chi connectivity index (χ2v) is 7.76. The van der Waals surface area contributed by atoms with E-state index in [1.807, 2.05) is 17.5 Å². The SMILES string of the molecule is O=C(Cc1csc(-c2ccc(F)cc2)n1)NC[C@@H](c1ccco1)N1CCCC1. The second kappa shape index (κ2) is 8.67. The zero-order valence-electron chi connectivity index (χ0n) is 15.4. The van der Waals surface area contributed by atoms with Crippen molar-refractivity contribution in [2.45, 2.75) is 25.3 Å². The molecule has 28 heavy (non-hydrogen) atoms. The van der Waals surface area contributed by atoms with Crippen molar-refractivity contribution < 1.29 is 13.6 Å². The third-order valence-electron chi connectivity index (χ3n) is 4.93. The first-order chi connectivity index (χ1) is 13.7. The lowest BCUT2D eigenvalue weighted by Gasteiger charge is -2.25. The van der Waals surface area contributed by atoms with E-state index in [9.17, 15) is 9.18 Å². The zero-order chi connectivity index (χ0) is 19.3. The number of hydrogen-bond donors (Lipinski definition) is 1. The van der Waals surface area contributed by atoms with Crippen LogP contribution in [0.3, 0.4) is 0 Å². The molecule has 0 unspecified atom stereocenters. The molecule has 146 valence electrons. The summed E-state index contributed by atoms with van der Waals surface area (Å²) in [6, 6.07) is 10.1. The van der Waals surface area contributed by atoms with Gasteiger partial charge in [-0.2, -0.15) is 0 Å². The van der Waals surface area contributed by atoms with Crippen molar-refractivity contribution >= 4 is 17.2 Å². The monoisotopic (exact) mass is 399 g/mol. The lowest BCUT2D eigenvalue weighted by molar-refractivity contribution is -0.120. The number of benzene rings is 1. The molecule has 1 aliphatic heterocycles. The summed E-state index contributed by atoms with van der Waals surface area (Å²) in [5.41, 5.74) is 1.57. The van der Waals surface area contributed by atoms with Crippen molar-refractivity contribution in [3.05, 3.63) is 65.3 Å². The van der Waals surface area contributed by atoms with Crippen LogP contribution in [-0.4, -0.2) is 35.4 Å². The number of thiazole rings is 1. The lowest BCUT2D eigenvalue weighted by Crippen LogP contribution is -2.37. The summed E-state index contributed by atoms with van der Waals surface area (Å²) >= 11 is 1.46. The van der Waals surface area contributed by atoms with Gasteiger partial charge in [-0.15, -0.1) is 11.3 Å². The first kappa shape index (κ1) is 18.8. The highest BCUT2D eigenvalue weighted by molar-refractivity contribution is 7.13. The topological polar surface area (TPSA) is 58.4 Å². The summed E-state index contributed by atoms with van der Waals surface area (Å²) in [6.45, 7) is 2.56. The van der Waals surface area contributed by atoms with Crippen LogP contribution >= 0.6 is 11.3 Å². The Morgan fingerprint density at radius 2 is 2.04 bits per heavy atom. The number of amides is 1. The van der Waals surface area contributed by atoms with Gasteiger partial charge in [-0.25, -0.2) is 9.37 Å². The van der Waals surface area contributed by atoms with Gasteiger partial charge in [0.05, 0.1) is 24.4 Å². The van der Waals surface area contributed by atoms with Crippen LogP contribution in [0.15, 0.2) is 52.5 Å². The number of hydrogen-bond acceptors (Lipinski definition) is 5. The molecule has 0 saturated carbocycles. The van der Waals surface area contributed by atoms with E-state index in [-0.39, 0.29) is 24.2 Å². The summed E-state index contributed by atoms with van der Waals surface area (Å²) < 4.78 is 18.7. The van der Waals surface area contributed by atoms with E-state index >= 15 is 0 Å². The maximum atomic E-state index is 13.1. The molecular weight excluding hydrogens is 377 g/mol. The molecule has 0 spiro atoms. The van der Waals surface area contributed by atoms with Crippen molar-refractivity contribution in [3.8, 4) is 10.6 Å². The van der Waals surface area contributed by atoms with Crippen LogP contribution in [0.4, 0.5) is 4.39 Å². The first-order valence-electron chi connectivity index (χ1n) is 9.43. The van der Waals surface area contributed by atoms with Crippen molar-refractivity contribution in [2.75, 3.05) is 19.6 Å². The van der Waals surface area contributed by atoms with E-state index in [0.717, 1.165) is 35.1 Å². The molecule has 0 bridgehead atoms. The van der Waals surface area contributed by atoms with Crippen molar-refractivity contribution in [1.82, 2.24) is 15.2 Å². The summed E-state index contributed by atoms with van der Waals surface area (Å²) in [4.78, 5) is 19.3. The Kier molecular flexibility index (Phi) is 5.83. The molecule has 0 radical (unpaired) electrons. The Bertz CT molecular complexity index is 902. The highest BCUT2D eigenvalue weighted by Gasteiger charge is 2.26. The fraction of sp³-hybridized carbons (Fsp3) is 0.333. The van der Waals surface area contributed by atoms with Crippen LogP contribution in [0.2, 0.25) is 0 Å². The molecular formula is C21H22FN3O2S. The molecule has 1 amide bonds. The van der Waals surface area contributed by atoms with E-state index in [4.69, 9.17) is 4.42 Å². The third kappa shape index (κ3) is 4.48. The minimum absolute atomic E-state index is 0.0617. The van der Waals surface area contributed by atoms with Gasteiger partial charge < -0.3 is 9.73 Å². The molecule has 7 heteroatoms. The predicted molar refractivity (Wildman–Crippen MR) is 106 cm³/mol. The molecule has 5 nitrogen and oxygen atoms in total. The quantitative estimate of drug-likeness (QED) is 0.652. The van der Waals surface area contributed by atoms with Crippen LogP contribution in [0.5, 0.6) is 0 Å². The fourth-order valence-electron chi connectivity index (χ4n) is 3.49. The number of nitrogens with zero attached hydrogens (tertiary/aromatic N) is 2. The molecule has 4 rings (SSSR count). The van der Waals surface area contributed by atoms with E-state index < -0.39 is 0 Å². The summed E-state index contributed by atoms with van der Waals surface area (Å²) in [5.74, 6) is 0.546. The lowest BCUT2D eigenvalue weighted by atomic mass is 10.2. The van der Waals surface area contributed by atoms with Gasteiger partial charge in [0.25, 0.3) is 0 Å². The van der Waals surface area contributed by atoms with E-state index in [2.05, 4.69) is 15.2 Å². The number of nitrogens with one attached hydrogen (secondary N) is 1. The van der Waals surface area contributed by atoms with E-state index in [1.165, 1.54) is 36.3 Å². The third-order valence-corrected chi connectivity index (χ3v) is 5.87. The largest absolute Gasteiger partial charge is 0.468 e. The minimum Gasteiger partial charge on any atom is -0.468 e. The number of carbonyl (C=O) groups is 1. The molecule has 3 heterocycles. The average Bonchev–Trinajstić information content (AvgIpc) is 3.46. The summed E-state index contributed by atoms with van der Waals surface area (Å²) in [5, 5.41) is 5.69. The standard InChI is InChI=1S/C21H22FN3O2S/c22-16-7-5-15(6-8-16)21-24-17(14-28-21)12-20(26)23-13-18(19-4-3-11-27-19)25-9-1-2-10-25/h3-8,11,14,18H,1-2,9-10,12-13H2,(H,23,26)/t18-/m0/s1. The normalized spacial score (nSPS) is 15.6. The molecule has 1 atom stereocenters. The number of likely N-dealkylation sites (tertiary alicyclic amines) is 1. The molecule has 1 saturated heterocycles. The second-order valence-electron chi connectivity index (χ2n) is 6.91. The maximum Gasteiger partial charge on any atom is 0.226 e. The molecule has 1 aromatic carbocycles. The van der Waals surface area contributed by atoms with Crippen LogP contribution in [0.25, 0.3) is 10.6 Å². The number of aromatic nitrogens is 1. The average molecular weight is 399 g/mol. The maximum absolute atomic E-state index is 13.1. The molecule has 0 aliphatic carbocycles. The van der Waals surface area contributed by atoms with E-state index in [1.54, 1.807) is 18.4 Å². The molecule has 1 N–H and O–H groups in total. The molecule has 1 aliphatic rings. The van der Waals surface area contributed by atoms with Crippen LogP contribution in [0.1, 0.15) is 30.3 Å².